The van der Waals surface area contributed by atoms with Crippen LogP contribution in [0.1, 0.15) is 26.7 Å². The molecule has 0 amide bonds. The van der Waals surface area contributed by atoms with Gasteiger partial charge in [-0.25, -0.2) is 0 Å². The van der Waals surface area contributed by atoms with E-state index in [0.29, 0.717) is 5.54 Å². The Hall–Kier alpha value is 0.270. The number of nitrogens with zero attached hydrogens (tertiary/aromatic N) is 1. The van der Waals surface area contributed by atoms with Gasteiger partial charge in [0.15, 0.2) is 0 Å². The van der Waals surface area contributed by atoms with Crippen LogP contribution in [0.25, 0.3) is 0 Å². The molecule has 2 rings (SSSR count). The van der Waals surface area contributed by atoms with Gasteiger partial charge in [0, 0.05) is 24.1 Å². The summed E-state index contributed by atoms with van der Waals surface area (Å²) in [6.45, 7) is 6.82. The lowest BCUT2D eigenvalue weighted by atomic mass is 9.95. The Balaban J connectivity index is 2.08. The van der Waals surface area contributed by atoms with E-state index in [1.165, 1.54) is 30.9 Å². The summed E-state index contributed by atoms with van der Waals surface area (Å²) >= 11 is 2.05. The fourth-order valence-electron chi connectivity index (χ4n) is 2.81. The molecule has 0 radical (unpaired) electrons. The Bertz CT molecular complexity index is 196. The smallest absolute Gasteiger partial charge is 0.0515 e. The van der Waals surface area contributed by atoms with Gasteiger partial charge in [-0.1, -0.05) is 13.8 Å². The first-order valence-corrected chi connectivity index (χ1v) is 6.90. The predicted molar refractivity (Wildman–Crippen MR) is 63.7 cm³/mol. The molecule has 0 aromatic heterocycles. The fourth-order valence-corrected chi connectivity index (χ4v) is 4.06. The van der Waals surface area contributed by atoms with Gasteiger partial charge in [0.1, 0.15) is 0 Å². The van der Waals surface area contributed by atoms with Crippen molar-refractivity contribution in [2.45, 2.75) is 38.3 Å². The molecular weight excluding hydrogens is 192 g/mol. The molecule has 0 spiro atoms. The topological polar surface area (TPSA) is 29.3 Å². The molecular formula is C11H22N2S. The highest BCUT2D eigenvalue weighted by Crippen LogP contribution is 2.40. The quantitative estimate of drug-likeness (QED) is 0.773. The molecule has 1 atom stereocenters. The molecule has 2 saturated heterocycles. The Morgan fingerprint density at radius 1 is 1.50 bits per heavy atom. The SMILES string of the molecule is CC(C)C1CCCN1C1(CN)CSC1. The maximum atomic E-state index is 5.96. The summed E-state index contributed by atoms with van der Waals surface area (Å²) in [5.74, 6) is 3.30. The zero-order valence-electron chi connectivity index (χ0n) is 9.33. The van der Waals surface area contributed by atoms with Crippen molar-refractivity contribution >= 4 is 11.8 Å². The van der Waals surface area contributed by atoms with Gasteiger partial charge in [0.25, 0.3) is 0 Å². The zero-order valence-corrected chi connectivity index (χ0v) is 10.1. The molecule has 3 heteroatoms. The van der Waals surface area contributed by atoms with Crippen molar-refractivity contribution < 1.29 is 0 Å². The number of nitrogens with two attached hydrogens (primary N) is 1. The van der Waals surface area contributed by atoms with Crippen molar-refractivity contribution in [1.29, 1.82) is 0 Å². The molecule has 1 unspecified atom stereocenters. The van der Waals surface area contributed by atoms with Crippen LogP contribution in [-0.4, -0.2) is 41.1 Å². The van der Waals surface area contributed by atoms with E-state index in [9.17, 15) is 0 Å². The highest BCUT2D eigenvalue weighted by atomic mass is 32.2. The van der Waals surface area contributed by atoms with Crippen LogP contribution in [0.2, 0.25) is 0 Å². The summed E-state index contributed by atoms with van der Waals surface area (Å²) in [6.07, 6.45) is 2.75. The number of likely N-dealkylation sites (tertiary alicyclic amines) is 1. The molecule has 0 aliphatic carbocycles. The van der Waals surface area contributed by atoms with Crippen LogP contribution >= 0.6 is 11.8 Å². The molecule has 14 heavy (non-hydrogen) atoms. The van der Waals surface area contributed by atoms with Crippen molar-refractivity contribution in [1.82, 2.24) is 4.90 Å². The second-order valence-electron chi connectivity index (χ2n) is 5.07. The summed E-state index contributed by atoms with van der Waals surface area (Å²) in [5, 5.41) is 0. The largest absolute Gasteiger partial charge is 0.329 e. The van der Waals surface area contributed by atoms with Crippen LogP contribution < -0.4 is 5.73 Å². The number of hydrogen-bond acceptors (Lipinski definition) is 3. The van der Waals surface area contributed by atoms with Gasteiger partial charge in [-0.3, -0.25) is 4.90 Å². The Morgan fingerprint density at radius 3 is 2.64 bits per heavy atom. The molecule has 0 bridgehead atoms. The number of thioether (sulfide) groups is 1. The van der Waals surface area contributed by atoms with Crippen molar-refractivity contribution in [2.75, 3.05) is 24.6 Å². The molecule has 82 valence electrons. The zero-order chi connectivity index (χ0) is 10.2. The van der Waals surface area contributed by atoms with E-state index in [2.05, 4.69) is 18.7 Å². The van der Waals surface area contributed by atoms with Crippen molar-refractivity contribution in [3.63, 3.8) is 0 Å². The van der Waals surface area contributed by atoms with Gasteiger partial charge < -0.3 is 5.73 Å². The van der Waals surface area contributed by atoms with Gasteiger partial charge in [0.2, 0.25) is 0 Å². The molecule has 2 N–H and O–H groups in total. The van der Waals surface area contributed by atoms with E-state index in [4.69, 9.17) is 5.73 Å². The van der Waals surface area contributed by atoms with Crippen molar-refractivity contribution in [3.05, 3.63) is 0 Å². The summed E-state index contributed by atoms with van der Waals surface area (Å²) in [6, 6.07) is 0.791. The summed E-state index contributed by atoms with van der Waals surface area (Å²) in [4.78, 5) is 2.72. The predicted octanol–water partition coefficient (Wildman–Crippen LogP) is 1.55. The van der Waals surface area contributed by atoms with E-state index in [0.717, 1.165) is 18.5 Å². The van der Waals surface area contributed by atoms with Gasteiger partial charge in [0.05, 0.1) is 5.54 Å². The molecule has 2 nitrogen and oxygen atoms in total. The third kappa shape index (κ3) is 1.59. The van der Waals surface area contributed by atoms with E-state index in [-0.39, 0.29) is 0 Å². The van der Waals surface area contributed by atoms with Crippen LogP contribution in [0, 0.1) is 5.92 Å². The lowest BCUT2D eigenvalue weighted by Gasteiger charge is -2.51. The summed E-state index contributed by atoms with van der Waals surface area (Å²) < 4.78 is 0. The molecule has 0 aromatic rings. The Morgan fingerprint density at radius 2 is 2.21 bits per heavy atom. The van der Waals surface area contributed by atoms with Gasteiger partial charge in [-0.05, 0) is 25.3 Å². The van der Waals surface area contributed by atoms with Gasteiger partial charge >= 0.3 is 0 Å². The second-order valence-corrected chi connectivity index (χ2v) is 6.05. The van der Waals surface area contributed by atoms with E-state index < -0.39 is 0 Å². The minimum atomic E-state index is 0.371. The first-order chi connectivity index (χ1) is 6.69. The van der Waals surface area contributed by atoms with Crippen LogP contribution in [0.3, 0.4) is 0 Å². The number of hydrogen-bond donors (Lipinski definition) is 1. The van der Waals surface area contributed by atoms with E-state index >= 15 is 0 Å². The normalized spacial score (nSPS) is 32.1. The first kappa shape index (κ1) is 10.8. The molecule has 0 saturated carbocycles. The van der Waals surface area contributed by atoms with E-state index in [1.807, 2.05) is 11.8 Å². The standard InChI is InChI=1S/C11H22N2S/c1-9(2)10-4-3-5-13(10)11(6-12)7-14-8-11/h9-10H,3-8,12H2,1-2H3. The van der Waals surface area contributed by atoms with E-state index in [1.54, 1.807) is 0 Å². The monoisotopic (exact) mass is 214 g/mol. The Kier molecular flexibility index (Phi) is 3.10. The van der Waals surface area contributed by atoms with Crippen molar-refractivity contribution in [2.24, 2.45) is 11.7 Å². The first-order valence-electron chi connectivity index (χ1n) is 5.74. The van der Waals surface area contributed by atoms with Gasteiger partial charge in [-0.15, -0.1) is 0 Å². The maximum Gasteiger partial charge on any atom is 0.0515 e. The summed E-state index contributed by atoms with van der Waals surface area (Å²) in [5.41, 5.74) is 6.33. The molecule has 0 aromatic carbocycles. The maximum absolute atomic E-state index is 5.96. The average molecular weight is 214 g/mol. The van der Waals surface area contributed by atoms with Crippen LogP contribution in [-0.2, 0) is 0 Å². The third-order valence-corrected chi connectivity index (χ3v) is 5.28. The summed E-state index contributed by atoms with van der Waals surface area (Å²) in [7, 11) is 0. The Labute approximate surface area is 91.6 Å². The molecule has 2 heterocycles. The average Bonchev–Trinajstić information content (AvgIpc) is 2.52. The minimum absolute atomic E-state index is 0.371. The van der Waals surface area contributed by atoms with Crippen LogP contribution in [0.15, 0.2) is 0 Å². The minimum Gasteiger partial charge on any atom is -0.329 e. The highest BCUT2D eigenvalue weighted by Gasteiger charge is 2.47. The second kappa shape index (κ2) is 4.03. The third-order valence-electron chi connectivity index (χ3n) is 3.80. The molecule has 2 fully saturated rings. The highest BCUT2D eigenvalue weighted by molar-refractivity contribution is 8.00. The molecule has 2 aliphatic heterocycles. The van der Waals surface area contributed by atoms with Gasteiger partial charge in [-0.2, -0.15) is 11.8 Å². The van der Waals surface area contributed by atoms with Crippen LogP contribution in [0.5, 0.6) is 0 Å². The lowest BCUT2D eigenvalue weighted by molar-refractivity contribution is 0.0867. The fraction of sp³-hybridized carbons (Fsp3) is 1.00. The van der Waals surface area contributed by atoms with Crippen LogP contribution in [0.4, 0.5) is 0 Å². The van der Waals surface area contributed by atoms with Crippen molar-refractivity contribution in [3.8, 4) is 0 Å². The lowest BCUT2D eigenvalue weighted by Crippen LogP contribution is -2.64. The molecule has 2 aliphatic rings. The number of rotatable bonds is 3.